The number of aryl methyl sites for hydroxylation is 3. The third kappa shape index (κ3) is 3.78. The van der Waals surface area contributed by atoms with Crippen molar-refractivity contribution in [1.29, 1.82) is 0 Å². The van der Waals surface area contributed by atoms with E-state index in [0.717, 1.165) is 16.7 Å². The predicted molar refractivity (Wildman–Crippen MR) is 121 cm³/mol. The molecule has 0 bridgehead atoms. The second-order valence-electron chi connectivity index (χ2n) is 7.23. The molecule has 0 radical (unpaired) electrons. The van der Waals surface area contributed by atoms with Gasteiger partial charge in [-0.3, -0.25) is 9.59 Å². The maximum absolute atomic E-state index is 13.3. The van der Waals surface area contributed by atoms with Crippen LogP contribution in [0.2, 0.25) is 0 Å². The van der Waals surface area contributed by atoms with E-state index in [1.807, 2.05) is 69.3 Å². The molecule has 0 spiro atoms. The lowest BCUT2D eigenvalue weighted by Gasteiger charge is -2.14. The number of para-hydroxylation sites is 1. The van der Waals surface area contributed by atoms with Gasteiger partial charge in [0.2, 0.25) is 0 Å². The summed E-state index contributed by atoms with van der Waals surface area (Å²) >= 11 is 1.26. The second kappa shape index (κ2) is 8.24. The average Bonchev–Trinajstić information content (AvgIpc) is 2.75. The van der Waals surface area contributed by atoms with Gasteiger partial charge in [-0.1, -0.05) is 47.7 Å². The number of pyridine rings is 1. The summed E-state index contributed by atoms with van der Waals surface area (Å²) in [6.45, 7) is 5.80. The molecule has 6 heteroatoms. The molecule has 0 amide bonds. The maximum Gasteiger partial charge on any atom is 0.267 e. The zero-order valence-electron chi connectivity index (χ0n) is 17.0. The van der Waals surface area contributed by atoms with Gasteiger partial charge in [0, 0.05) is 11.8 Å². The topological polar surface area (TPSA) is 64.8 Å². The number of carbonyl (C=O) groups excluding carboxylic acids is 1. The highest BCUT2D eigenvalue weighted by molar-refractivity contribution is 7.99. The Hall–Kier alpha value is -3.25. The molecule has 0 unspecified atom stereocenters. The van der Waals surface area contributed by atoms with Gasteiger partial charge < -0.3 is 0 Å². The van der Waals surface area contributed by atoms with Crippen LogP contribution in [0.25, 0.3) is 16.7 Å². The zero-order chi connectivity index (χ0) is 21.3. The van der Waals surface area contributed by atoms with Crippen LogP contribution in [0.3, 0.4) is 0 Å². The van der Waals surface area contributed by atoms with Crippen molar-refractivity contribution in [3.63, 3.8) is 0 Å². The van der Waals surface area contributed by atoms with Crippen LogP contribution in [0.4, 0.5) is 0 Å². The van der Waals surface area contributed by atoms with Crippen LogP contribution < -0.4 is 5.56 Å². The molecule has 0 saturated carbocycles. The van der Waals surface area contributed by atoms with Crippen LogP contribution in [-0.2, 0) is 0 Å². The molecular weight excluding hydrogens is 394 g/mol. The molecule has 0 saturated heterocycles. The van der Waals surface area contributed by atoms with Crippen molar-refractivity contribution in [3.05, 3.63) is 93.4 Å². The lowest BCUT2D eigenvalue weighted by molar-refractivity contribution is 0.102. The number of hydrogen-bond donors (Lipinski definition) is 0. The summed E-state index contributed by atoms with van der Waals surface area (Å²) in [7, 11) is 0. The van der Waals surface area contributed by atoms with E-state index in [2.05, 4.69) is 4.98 Å². The van der Waals surface area contributed by atoms with E-state index in [9.17, 15) is 9.59 Å². The number of rotatable bonds is 5. The highest BCUT2D eigenvalue weighted by atomic mass is 32.2. The van der Waals surface area contributed by atoms with Crippen LogP contribution in [0, 0.1) is 20.8 Å². The van der Waals surface area contributed by atoms with Crippen molar-refractivity contribution in [2.45, 2.75) is 25.9 Å². The molecule has 5 nitrogen and oxygen atoms in total. The van der Waals surface area contributed by atoms with E-state index in [4.69, 9.17) is 4.98 Å². The molecule has 0 fully saturated rings. The number of thioether (sulfide) groups is 1. The molecule has 2 aromatic carbocycles. The summed E-state index contributed by atoms with van der Waals surface area (Å²) in [5.74, 6) is 0.719. The molecule has 2 aromatic heterocycles. The van der Waals surface area contributed by atoms with E-state index in [1.165, 1.54) is 16.3 Å². The van der Waals surface area contributed by atoms with E-state index in [1.54, 1.807) is 12.3 Å². The van der Waals surface area contributed by atoms with E-state index in [0.29, 0.717) is 27.4 Å². The summed E-state index contributed by atoms with van der Waals surface area (Å²) in [6, 6.07) is 16.8. The summed E-state index contributed by atoms with van der Waals surface area (Å²) in [5.41, 5.74) is 3.96. The Morgan fingerprint density at radius 3 is 2.60 bits per heavy atom. The molecule has 150 valence electrons. The lowest BCUT2D eigenvalue weighted by Crippen LogP contribution is -2.23. The van der Waals surface area contributed by atoms with Crippen LogP contribution in [0.1, 0.15) is 27.0 Å². The minimum atomic E-state index is -0.191. The summed E-state index contributed by atoms with van der Waals surface area (Å²) in [5, 5.41) is 0.979. The van der Waals surface area contributed by atoms with Crippen LogP contribution in [-0.4, -0.2) is 26.1 Å². The van der Waals surface area contributed by atoms with Gasteiger partial charge in [0.25, 0.3) is 5.56 Å². The Kier molecular flexibility index (Phi) is 5.50. The first-order valence-corrected chi connectivity index (χ1v) is 10.6. The fourth-order valence-electron chi connectivity index (χ4n) is 3.35. The first-order valence-electron chi connectivity index (χ1n) is 9.63. The van der Waals surface area contributed by atoms with Crippen LogP contribution in [0.5, 0.6) is 0 Å². The standard InChI is InChI=1S/C24H21N3O2S/c1-15-10-11-16(2)19(13-15)21(28)14-30-24-26-20-9-5-4-8-18(20)23(29)27(24)22-17(3)7-6-12-25-22/h4-13H,14H2,1-3H3. The first-order chi connectivity index (χ1) is 14.5. The highest BCUT2D eigenvalue weighted by Crippen LogP contribution is 2.23. The van der Waals surface area contributed by atoms with Crippen molar-refractivity contribution in [1.82, 2.24) is 14.5 Å². The van der Waals surface area contributed by atoms with Gasteiger partial charge in [-0.25, -0.2) is 14.5 Å². The smallest absolute Gasteiger partial charge is 0.267 e. The number of Topliss-reactive ketones (excluding diaryl/α,β-unsaturated/α-hetero) is 1. The Labute approximate surface area is 178 Å². The number of hydrogen-bond acceptors (Lipinski definition) is 5. The minimum absolute atomic E-state index is 0.00732. The van der Waals surface area contributed by atoms with Gasteiger partial charge in [0.05, 0.1) is 16.7 Å². The number of carbonyl (C=O) groups is 1. The Morgan fingerprint density at radius 1 is 1.00 bits per heavy atom. The van der Waals surface area contributed by atoms with Crippen molar-refractivity contribution >= 4 is 28.4 Å². The summed E-state index contributed by atoms with van der Waals surface area (Å²) in [4.78, 5) is 35.3. The van der Waals surface area contributed by atoms with Gasteiger partial charge in [-0.05, 0) is 56.2 Å². The largest absolute Gasteiger partial charge is 0.293 e. The van der Waals surface area contributed by atoms with Gasteiger partial charge in [-0.15, -0.1) is 0 Å². The predicted octanol–water partition coefficient (Wildman–Crippen LogP) is 4.68. The van der Waals surface area contributed by atoms with E-state index < -0.39 is 0 Å². The molecule has 2 heterocycles. The van der Waals surface area contributed by atoms with Crippen molar-refractivity contribution in [2.24, 2.45) is 0 Å². The normalized spacial score (nSPS) is 11.0. The molecule has 0 N–H and O–H groups in total. The third-order valence-corrected chi connectivity index (χ3v) is 5.90. The molecule has 0 aliphatic heterocycles. The minimum Gasteiger partial charge on any atom is -0.293 e. The molecule has 30 heavy (non-hydrogen) atoms. The molecule has 4 aromatic rings. The molecule has 0 aliphatic rings. The number of fused-ring (bicyclic) bond motifs is 1. The Bertz CT molecular complexity index is 1330. The summed E-state index contributed by atoms with van der Waals surface area (Å²) < 4.78 is 1.51. The molecular formula is C24H21N3O2S. The molecule has 0 aliphatic carbocycles. The van der Waals surface area contributed by atoms with E-state index in [-0.39, 0.29) is 17.1 Å². The van der Waals surface area contributed by atoms with Gasteiger partial charge in [0.15, 0.2) is 10.9 Å². The van der Waals surface area contributed by atoms with E-state index >= 15 is 0 Å². The van der Waals surface area contributed by atoms with Gasteiger partial charge in [-0.2, -0.15) is 0 Å². The van der Waals surface area contributed by atoms with Crippen LogP contribution >= 0.6 is 11.8 Å². The number of ketones is 1. The highest BCUT2D eigenvalue weighted by Gasteiger charge is 2.18. The average molecular weight is 416 g/mol. The number of benzene rings is 2. The lowest BCUT2D eigenvalue weighted by atomic mass is 10.0. The van der Waals surface area contributed by atoms with Gasteiger partial charge in [0.1, 0.15) is 5.82 Å². The monoisotopic (exact) mass is 415 g/mol. The summed E-state index contributed by atoms with van der Waals surface area (Å²) in [6.07, 6.45) is 1.65. The number of aromatic nitrogens is 3. The molecule has 4 rings (SSSR count). The Morgan fingerprint density at radius 2 is 1.80 bits per heavy atom. The van der Waals surface area contributed by atoms with Gasteiger partial charge >= 0.3 is 0 Å². The number of nitrogens with zero attached hydrogens (tertiary/aromatic N) is 3. The fraction of sp³-hybridized carbons (Fsp3) is 0.167. The zero-order valence-corrected chi connectivity index (χ0v) is 17.9. The quantitative estimate of drug-likeness (QED) is 0.269. The Balaban J connectivity index is 1.79. The first kappa shape index (κ1) is 20.0. The maximum atomic E-state index is 13.3. The van der Waals surface area contributed by atoms with Crippen molar-refractivity contribution in [3.8, 4) is 5.82 Å². The fourth-order valence-corrected chi connectivity index (χ4v) is 4.23. The van der Waals surface area contributed by atoms with Crippen molar-refractivity contribution in [2.75, 3.05) is 5.75 Å². The third-order valence-electron chi connectivity index (χ3n) is 4.96. The molecule has 0 atom stereocenters. The second-order valence-corrected chi connectivity index (χ2v) is 8.17. The van der Waals surface area contributed by atoms with Crippen molar-refractivity contribution < 1.29 is 4.79 Å². The van der Waals surface area contributed by atoms with Crippen LogP contribution in [0.15, 0.2) is 70.7 Å². The SMILES string of the molecule is Cc1ccc(C)c(C(=O)CSc2nc3ccccc3c(=O)n2-c2ncccc2C)c1.